The Balaban J connectivity index is 2.72. The van der Waals surface area contributed by atoms with Crippen LogP contribution in [0.1, 0.15) is 18.2 Å². The molecule has 1 aromatic heterocycles. The average Bonchev–Trinajstić information content (AvgIpc) is 3.15. The zero-order chi connectivity index (χ0) is 23.4. The van der Waals surface area contributed by atoms with E-state index in [1.54, 1.807) is 0 Å². The predicted molar refractivity (Wildman–Crippen MR) is 103 cm³/mol. The van der Waals surface area contributed by atoms with E-state index in [9.17, 15) is 31.4 Å². The summed E-state index contributed by atoms with van der Waals surface area (Å²) < 4.78 is 83.2. The molecule has 0 amide bonds. The third-order valence-corrected chi connectivity index (χ3v) is 4.01. The highest BCUT2D eigenvalue weighted by atomic mass is 19.4. The van der Waals surface area contributed by atoms with Gasteiger partial charge in [0.1, 0.15) is 23.8 Å². The van der Waals surface area contributed by atoms with Crippen LogP contribution in [0.4, 0.5) is 26.3 Å². The molecule has 12 heteroatoms. The van der Waals surface area contributed by atoms with Gasteiger partial charge < -0.3 is 15.6 Å². The minimum Gasteiger partial charge on any atom is -0.506 e. The van der Waals surface area contributed by atoms with Crippen molar-refractivity contribution < 1.29 is 36.2 Å². The van der Waals surface area contributed by atoms with E-state index in [0.717, 1.165) is 13.1 Å². The Kier molecular flexibility index (Phi) is 7.16. The van der Waals surface area contributed by atoms with Gasteiger partial charge in [-0.05, 0) is 37.9 Å². The number of allylic oxidation sites excluding steroid dienone is 3. The van der Waals surface area contributed by atoms with Crippen LogP contribution in [0.3, 0.4) is 0 Å². The number of phenols is 1. The van der Waals surface area contributed by atoms with Crippen molar-refractivity contribution in [3.63, 3.8) is 0 Å². The van der Waals surface area contributed by atoms with Crippen LogP contribution in [0.5, 0.6) is 11.5 Å². The molecule has 2 aromatic rings. The number of aromatic hydroxyl groups is 1. The van der Waals surface area contributed by atoms with Crippen LogP contribution in [0, 0.1) is 0 Å². The van der Waals surface area contributed by atoms with Crippen LogP contribution < -0.4 is 10.5 Å². The molecule has 2 rings (SSSR count). The van der Waals surface area contributed by atoms with Gasteiger partial charge in [0.25, 0.3) is 0 Å². The van der Waals surface area contributed by atoms with E-state index < -0.39 is 29.4 Å². The van der Waals surface area contributed by atoms with Gasteiger partial charge in [-0.3, -0.25) is 10.1 Å². The molecule has 0 unspecified atom stereocenters. The molecular formula is C19H18F6N4O2. The van der Waals surface area contributed by atoms with Crippen LogP contribution in [-0.2, 0) is 6.18 Å². The molecule has 0 spiro atoms. The van der Waals surface area contributed by atoms with E-state index in [-0.39, 0.29) is 41.3 Å². The first kappa shape index (κ1) is 24.0. The quantitative estimate of drug-likeness (QED) is 0.325. The van der Waals surface area contributed by atoms with Crippen molar-refractivity contribution in [3.8, 4) is 22.8 Å². The molecular weight excluding hydrogens is 430 g/mol. The SMILES string of the molecule is C=N/C=C(\C=C(/C)C(F)(F)F)c1c(OCCN)ccc(-c2cc(C(F)(F)F)[nH]n2)c1O. The molecule has 0 bridgehead atoms. The molecule has 0 atom stereocenters. The van der Waals surface area contributed by atoms with Crippen LogP contribution in [0.2, 0.25) is 0 Å². The second-order valence-corrected chi connectivity index (χ2v) is 6.23. The lowest BCUT2D eigenvalue weighted by Gasteiger charge is -2.16. The molecule has 0 saturated heterocycles. The number of alkyl halides is 6. The molecule has 6 nitrogen and oxygen atoms in total. The van der Waals surface area contributed by atoms with Gasteiger partial charge >= 0.3 is 12.4 Å². The minimum atomic E-state index is -4.71. The number of aromatic amines is 1. The molecule has 0 radical (unpaired) electrons. The number of rotatable bonds is 7. The Hall–Kier alpha value is -3.28. The summed E-state index contributed by atoms with van der Waals surface area (Å²) in [6, 6.07) is 3.15. The number of nitrogens with one attached hydrogen (secondary N) is 1. The summed E-state index contributed by atoms with van der Waals surface area (Å²) in [7, 11) is 0. The normalized spacial score (nSPS) is 13.4. The van der Waals surface area contributed by atoms with E-state index in [4.69, 9.17) is 10.5 Å². The van der Waals surface area contributed by atoms with Gasteiger partial charge in [0, 0.05) is 29.5 Å². The van der Waals surface area contributed by atoms with E-state index >= 15 is 0 Å². The lowest BCUT2D eigenvalue weighted by Crippen LogP contribution is -2.12. The number of hydrogen-bond donors (Lipinski definition) is 3. The van der Waals surface area contributed by atoms with Crippen molar-refractivity contribution in [3.05, 3.63) is 47.3 Å². The largest absolute Gasteiger partial charge is 0.506 e. The second-order valence-electron chi connectivity index (χ2n) is 6.23. The average molecular weight is 448 g/mol. The maximum absolute atomic E-state index is 13.1. The highest BCUT2D eigenvalue weighted by Crippen LogP contribution is 2.43. The fraction of sp³-hybridized carbons (Fsp3) is 0.263. The Bertz CT molecular complexity index is 1010. The topological polar surface area (TPSA) is 96.5 Å². The van der Waals surface area contributed by atoms with Crippen molar-refractivity contribution in [2.75, 3.05) is 13.2 Å². The molecule has 0 aliphatic heterocycles. The zero-order valence-electron chi connectivity index (χ0n) is 16.1. The van der Waals surface area contributed by atoms with Crippen LogP contribution >= 0.6 is 0 Å². The Morgan fingerprint density at radius 2 is 1.97 bits per heavy atom. The first-order chi connectivity index (χ1) is 14.4. The second kappa shape index (κ2) is 9.25. The van der Waals surface area contributed by atoms with Crippen molar-refractivity contribution in [1.29, 1.82) is 0 Å². The number of hydrogen-bond acceptors (Lipinski definition) is 5. The molecule has 0 aliphatic carbocycles. The van der Waals surface area contributed by atoms with Crippen LogP contribution in [0.25, 0.3) is 16.8 Å². The summed E-state index contributed by atoms with van der Waals surface area (Å²) in [4.78, 5) is 3.46. The zero-order valence-corrected chi connectivity index (χ0v) is 16.1. The summed E-state index contributed by atoms with van der Waals surface area (Å²) in [5.74, 6) is -0.713. The molecule has 0 saturated carbocycles. The van der Waals surface area contributed by atoms with Crippen molar-refractivity contribution in [1.82, 2.24) is 10.2 Å². The molecule has 1 aromatic carbocycles. The predicted octanol–water partition coefficient (Wildman–Crippen LogP) is 4.69. The number of aliphatic imine (C=N–C) groups is 1. The number of benzene rings is 1. The minimum absolute atomic E-state index is 0.0385. The summed E-state index contributed by atoms with van der Waals surface area (Å²) >= 11 is 0. The van der Waals surface area contributed by atoms with E-state index in [0.29, 0.717) is 12.1 Å². The summed E-state index contributed by atoms with van der Waals surface area (Å²) in [5.41, 5.74) is 2.29. The number of nitrogens with two attached hydrogens (primary N) is 1. The van der Waals surface area contributed by atoms with Gasteiger partial charge in [0.2, 0.25) is 0 Å². The van der Waals surface area contributed by atoms with Gasteiger partial charge in [-0.2, -0.15) is 31.4 Å². The first-order valence-corrected chi connectivity index (χ1v) is 8.63. The molecule has 168 valence electrons. The Labute approximate surface area is 172 Å². The Morgan fingerprint density at radius 1 is 1.29 bits per heavy atom. The number of ether oxygens (including phenoxy) is 1. The van der Waals surface area contributed by atoms with Gasteiger partial charge in [-0.1, -0.05) is 0 Å². The molecule has 4 N–H and O–H groups in total. The molecule has 0 aliphatic rings. The van der Waals surface area contributed by atoms with Crippen molar-refractivity contribution in [2.24, 2.45) is 10.7 Å². The van der Waals surface area contributed by atoms with Gasteiger partial charge in [0.15, 0.2) is 0 Å². The monoisotopic (exact) mass is 448 g/mol. The number of halogens is 6. The third-order valence-electron chi connectivity index (χ3n) is 4.01. The van der Waals surface area contributed by atoms with Crippen molar-refractivity contribution >= 4 is 12.3 Å². The van der Waals surface area contributed by atoms with Crippen LogP contribution in [0.15, 0.2) is 41.0 Å². The number of aromatic nitrogens is 2. The Morgan fingerprint density at radius 3 is 2.48 bits per heavy atom. The van der Waals surface area contributed by atoms with Crippen molar-refractivity contribution in [2.45, 2.75) is 19.3 Å². The van der Waals surface area contributed by atoms with E-state index in [1.807, 2.05) is 5.10 Å². The smallest absolute Gasteiger partial charge is 0.432 e. The molecule has 1 heterocycles. The standard InChI is InChI=1S/C19H18F6N4O2/c1-10(18(20,21)22)7-11(9-27-2)16-14(31-6-5-26)4-3-12(17(16)30)13-8-15(29-28-13)19(23,24)25/h3-4,7-9,30H,2,5-6,26H2,1H3,(H,28,29)/b10-7+,11-9+. The number of nitrogens with zero attached hydrogens (tertiary/aromatic N) is 2. The lowest BCUT2D eigenvalue weighted by molar-refractivity contribution is -0.141. The van der Waals surface area contributed by atoms with Gasteiger partial charge in [-0.25, -0.2) is 0 Å². The van der Waals surface area contributed by atoms with Gasteiger partial charge in [-0.15, -0.1) is 0 Å². The number of phenolic OH excluding ortho intramolecular Hbond substituents is 1. The first-order valence-electron chi connectivity index (χ1n) is 8.63. The summed E-state index contributed by atoms with van der Waals surface area (Å²) in [6.45, 7) is 4.04. The fourth-order valence-corrected chi connectivity index (χ4v) is 2.54. The highest BCUT2D eigenvalue weighted by Gasteiger charge is 2.34. The lowest BCUT2D eigenvalue weighted by atomic mass is 9.97. The molecule has 31 heavy (non-hydrogen) atoms. The third kappa shape index (κ3) is 5.66. The highest BCUT2D eigenvalue weighted by molar-refractivity contribution is 5.87. The summed E-state index contributed by atoms with van der Waals surface area (Å²) in [6.07, 6.45) is -7.72. The summed E-state index contributed by atoms with van der Waals surface area (Å²) in [5, 5.41) is 16.1. The van der Waals surface area contributed by atoms with Crippen LogP contribution in [-0.4, -0.2) is 41.3 Å². The van der Waals surface area contributed by atoms with E-state index in [1.165, 1.54) is 12.1 Å². The maximum atomic E-state index is 13.1. The van der Waals surface area contributed by atoms with Gasteiger partial charge in [0.05, 0.1) is 11.3 Å². The number of H-pyrrole nitrogens is 1. The van der Waals surface area contributed by atoms with E-state index in [2.05, 4.69) is 16.8 Å². The fourth-order valence-electron chi connectivity index (χ4n) is 2.54. The maximum Gasteiger partial charge on any atom is 0.432 e. The molecule has 0 fully saturated rings.